The molecule has 7 rings (SSSR count). The monoisotopic (exact) mass is 828 g/mol. The Morgan fingerprint density at radius 2 is 1.28 bits per heavy atom. The van der Waals surface area contributed by atoms with Gasteiger partial charge < -0.3 is 75.1 Å². The maximum Gasteiger partial charge on any atom is 0.313 e. The van der Waals surface area contributed by atoms with Gasteiger partial charge in [-0.3, -0.25) is 4.79 Å². The second kappa shape index (κ2) is 14.9. The van der Waals surface area contributed by atoms with Gasteiger partial charge in [-0.15, -0.1) is 0 Å². The van der Waals surface area contributed by atoms with Gasteiger partial charge in [-0.05, 0) is 89.8 Å². The van der Waals surface area contributed by atoms with E-state index in [0.29, 0.717) is 32.1 Å². The van der Waals surface area contributed by atoms with E-state index in [0.717, 1.165) is 5.57 Å². The van der Waals surface area contributed by atoms with Crippen LogP contribution in [0.25, 0.3) is 0 Å². The van der Waals surface area contributed by atoms with Crippen LogP contribution >= 0.6 is 0 Å². The lowest BCUT2D eigenvalue weighted by molar-refractivity contribution is -0.343. The van der Waals surface area contributed by atoms with Crippen molar-refractivity contribution in [3.63, 3.8) is 0 Å². The molecule has 332 valence electrons. The number of carbonyl (C=O) groups is 1. The van der Waals surface area contributed by atoms with Crippen LogP contribution in [0.5, 0.6) is 0 Å². The average molecular weight is 829 g/mol. The van der Waals surface area contributed by atoms with Crippen molar-refractivity contribution in [3.8, 4) is 0 Å². The molecular weight excluding hydrogens is 760 g/mol. The van der Waals surface area contributed by atoms with Gasteiger partial charge in [0.25, 0.3) is 0 Å². The van der Waals surface area contributed by atoms with Gasteiger partial charge >= 0.3 is 5.97 Å². The van der Waals surface area contributed by atoms with Gasteiger partial charge in [0.05, 0.1) is 37.6 Å². The van der Waals surface area contributed by atoms with Crippen LogP contribution in [-0.4, -0.2) is 161 Å². The molecule has 2 saturated heterocycles. The molecule has 2 aliphatic heterocycles. The molecule has 4 saturated carbocycles. The van der Waals surface area contributed by atoms with Crippen molar-refractivity contribution in [2.75, 3.05) is 13.2 Å². The third-order valence-corrected chi connectivity index (χ3v) is 17.4. The van der Waals surface area contributed by atoms with Crippen LogP contribution in [0.3, 0.4) is 0 Å². The zero-order valence-corrected chi connectivity index (χ0v) is 34.7. The van der Waals surface area contributed by atoms with Crippen molar-refractivity contribution in [3.05, 3.63) is 11.6 Å². The van der Waals surface area contributed by atoms with E-state index < -0.39 is 143 Å². The number of rotatable bonds is 7. The van der Waals surface area contributed by atoms with Crippen LogP contribution in [0.4, 0.5) is 0 Å². The summed E-state index contributed by atoms with van der Waals surface area (Å²) in [6.45, 7) is 13.2. The maximum absolute atomic E-state index is 13.8. The van der Waals surface area contributed by atoms with E-state index in [-0.39, 0.29) is 24.7 Å². The van der Waals surface area contributed by atoms with Crippen LogP contribution in [0.2, 0.25) is 0 Å². The first-order chi connectivity index (χ1) is 26.9. The predicted octanol–water partition coefficient (Wildman–Crippen LogP) is -0.206. The number of carboxylic acid groups (broad SMARTS) is 1. The summed E-state index contributed by atoms with van der Waals surface area (Å²) in [6, 6.07) is 0. The summed E-state index contributed by atoms with van der Waals surface area (Å²) >= 11 is 0. The number of aliphatic hydroxyl groups is 10. The van der Waals surface area contributed by atoms with Gasteiger partial charge in [0.1, 0.15) is 54.2 Å². The Morgan fingerprint density at radius 3 is 1.81 bits per heavy atom. The highest BCUT2D eigenvalue weighted by Gasteiger charge is 2.73. The molecule has 5 aliphatic carbocycles. The lowest BCUT2D eigenvalue weighted by Gasteiger charge is -2.72. The Hall–Kier alpha value is -1.35. The first-order valence-corrected chi connectivity index (χ1v) is 21.1. The van der Waals surface area contributed by atoms with Crippen molar-refractivity contribution in [2.24, 2.45) is 50.2 Å². The minimum atomic E-state index is -1.76. The highest BCUT2D eigenvalue weighted by Crippen LogP contribution is 2.76. The topological polar surface area (TPSA) is 277 Å². The number of carboxylic acids is 1. The maximum atomic E-state index is 13.8. The van der Waals surface area contributed by atoms with Crippen LogP contribution in [-0.2, 0) is 23.7 Å². The number of hydrogen-bond acceptors (Lipinski definition) is 15. The Bertz CT molecular complexity index is 1590. The van der Waals surface area contributed by atoms with Gasteiger partial charge in [-0.2, -0.15) is 0 Å². The Morgan fingerprint density at radius 1 is 0.724 bits per heavy atom. The van der Waals surface area contributed by atoms with Crippen molar-refractivity contribution in [1.82, 2.24) is 0 Å². The largest absolute Gasteiger partial charge is 0.481 e. The van der Waals surface area contributed by atoms with Gasteiger partial charge in [0.15, 0.2) is 12.6 Å². The molecule has 2 unspecified atom stereocenters. The molecule has 16 nitrogen and oxygen atoms in total. The Balaban J connectivity index is 1.26. The van der Waals surface area contributed by atoms with E-state index in [1.54, 1.807) is 0 Å². The second-order valence-corrected chi connectivity index (χ2v) is 21.0. The standard InChI is InChI=1S/C42H68O16/c1-37(2)12-19-18-8-9-24-39(5)13-20(45)33(58-35-32(52)30(50)28(48)22(17-44)56-35)38(3,4)23(39)10-11-40(24,6)41(18,7)15-26(42(19,36(53)54)14-25(37)46)57-34-31(51)29(49)27(47)21(16-43)55-34/h8,19-35,43-52H,9-17H2,1-7H3,(H,53,54)/t19?,20-,21+,22+,23-,24?,25-,26-,27+,28+,29-,30-,31+,32+,33-,34-,35-,39-,40+,41+,42+/m0/s1. The summed E-state index contributed by atoms with van der Waals surface area (Å²) in [5.74, 6) is -1.82. The van der Waals surface area contributed by atoms with Gasteiger partial charge in [0.2, 0.25) is 0 Å². The number of ether oxygens (including phenoxy) is 4. The molecule has 0 bridgehead atoms. The molecule has 0 aromatic heterocycles. The van der Waals surface area contributed by atoms with E-state index in [2.05, 4.69) is 26.8 Å². The van der Waals surface area contributed by atoms with Crippen molar-refractivity contribution in [2.45, 2.75) is 179 Å². The van der Waals surface area contributed by atoms with Crippen LogP contribution < -0.4 is 0 Å². The number of fused-ring (bicyclic) bond motifs is 7. The molecule has 58 heavy (non-hydrogen) atoms. The zero-order valence-electron chi connectivity index (χ0n) is 34.7. The van der Waals surface area contributed by atoms with Crippen LogP contribution in [0.1, 0.15) is 93.4 Å². The molecule has 11 N–H and O–H groups in total. The van der Waals surface area contributed by atoms with E-state index in [9.17, 15) is 61.0 Å². The van der Waals surface area contributed by atoms with E-state index in [1.807, 2.05) is 27.7 Å². The lowest BCUT2D eigenvalue weighted by atomic mass is 9.33. The fourth-order valence-electron chi connectivity index (χ4n) is 13.9. The van der Waals surface area contributed by atoms with Crippen molar-refractivity contribution >= 4 is 5.97 Å². The molecule has 0 aromatic rings. The average Bonchev–Trinajstić information content (AvgIpc) is 3.14. The number of allylic oxidation sites excluding steroid dienone is 2. The molecule has 0 aromatic carbocycles. The Kier molecular flexibility index (Phi) is 11.5. The van der Waals surface area contributed by atoms with Crippen LogP contribution in [0, 0.1) is 50.2 Å². The summed E-state index contributed by atoms with van der Waals surface area (Å²) in [6.07, 6.45) is -14.6. The molecule has 2 heterocycles. The molecule has 6 fully saturated rings. The zero-order chi connectivity index (χ0) is 42.9. The SMILES string of the molecule is CC1(C)CC2C3=CCC4[C@@]5(C)C[C@H](O)[C@H](O[C@@H]6O[C@H](CO)[C@@H](O)[C@H](O)[C@H]6O)C(C)(C)[C@@H]5CC[C@@]4(C)[C@]3(C)C[C@H](O[C@@H]3O[C@H](CO)[C@@H](O)[C@H](O)[C@H]3O)[C@@]2(C(=O)O)C[C@@H]1O. The predicted molar refractivity (Wildman–Crippen MR) is 202 cm³/mol. The van der Waals surface area contributed by atoms with Crippen molar-refractivity contribution in [1.29, 1.82) is 0 Å². The summed E-state index contributed by atoms with van der Waals surface area (Å²) in [4.78, 5) is 13.8. The van der Waals surface area contributed by atoms with E-state index in [1.165, 1.54) is 0 Å². The number of aliphatic hydroxyl groups excluding tert-OH is 10. The highest BCUT2D eigenvalue weighted by molar-refractivity contribution is 5.78. The molecule has 0 radical (unpaired) electrons. The summed E-state index contributed by atoms with van der Waals surface area (Å²) in [7, 11) is 0. The summed E-state index contributed by atoms with van der Waals surface area (Å²) < 4.78 is 24.4. The van der Waals surface area contributed by atoms with Crippen LogP contribution in [0.15, 0.2) is 11.6 Å². The molecule has 21 atom stereocenters. The molecule has 0 spiro atoms. The van der Waals surface area contributed by atoms with Gasteiger partial charge in [-0.25, -0.2) is 0 Å². The number of aliphatic carboxylic acids is 1. The van der Waals surface area contributed by atoms with E-state index in [4.69, 9.17) is 18.9 Å². The minimum Gasteiger partial charge on any atom is -0.481 e. The summed E-state index contributed by atoms with van der Waals surface area (Å²) in [5.41, 5.74) is -3.72. The van der Waals surface area contributed by atoms with Gasteiger partial charge in [0, 0.05) is 0 Å². The fourth-order valence-corrected chi connectivity index (χ4v) is 13.9. The quantitative estimate of drug-likeness (QED) is 0.117. The van der Waals surface area contributed by atoms with Gasteiger partial charge in [-0.1, -0.05) is 60.1 Å². The first-order valence-electron chi connectivity index (χ1n) is 21.1. The second-order valence-electron chi connectivity index (χ2n) is 21.0. The number of hydrogen-bond donors (Lipinski definition) is 11. The smallest absolute Gasteiger partial charge is 0.313 e. The highest BCUT2D eigenvalue weighted by atomic mass is 16.7. The third-order valence-electron chi connectivity index (χ3n) is 17.4. The molecule has 7 aliphatic rings. The lowest BCUT2D eigenvalue weighted by Crippen LogP contribution is -2.71. The first kappa shape index (κ1) is 44.7. The molecule has 0 amide bonds. The minimum absolute atomic E-state index is 0.0264. The van der Waals surface area contributed by atoms with E-state index >= 15 is 0 Å². The Labute approximate surface area is 339 Å². The fraction of sp³-hybridized carbons (Fsp3) is 0.929. The normalized spacial score (nSPS) is 54.9. The molecular formula is C42H68O16. The third kappa shape index (κ3) is 6.25. The molecule has 16 heteroatoms. The summed E-state index contributed by atoms with van der Waals surface area (Å²) in [5, 5.41) is 119. The van der Waals surface area contributed by atoms with Crippen molar-refractivity contribution < 1.29 is 79.9 Å².